The number of hydrogen-bond donors (Lipinski definition) is 3. The number of esters is 1. The van der Waals surface area contributed by atoms with Gasteiger partial charge in [0.2, 0.25) is 11.8 Å². The van der Waals surface area contributed by atoms with Gasteiger partial charge in [-0.15, -0.1) is 13.2 Å². The van der Waals surface area contributed by atoms with E-state index in [0.29, 0.717) is 38.2 Å². The standard InChI is InChI=1S/C44H50N2O7/c1-3-5-17-43(49)53-32-39(27-34-20-24-41(25-21-34)52-31-36-15-10-7-11-16-36)46-44(50)37(12-4-2)28-42(48)45-38(29-47)26-33-18-22-40(23-19-33)51-30-35-13-8-6-9-14-35/h3-4,6-11,13-16,18-25,37-39,47H,1-2,5,12,17,26-32H2,(H,45,48)(H,46,50). The third kappa shape index (κ3) is 14.8. The highest BCUT2D eigenvalue weighted by Gasteiger charge is 2.25. The number of allylic oxidation sites excluding steroid dienone is 2. The Morgan fingerprint density at radius 1 is 0.660 bits per heavy atom. The van der Waals surface area contributed by atoms with Crippen LogP contribution < -0.4 is 20.1 Å². The van der Waals surface area contributed by atoms with Gasteiger partial charge in [0.15, 0.2) is 0 Å². The summed E-state index contributed by atoms with van der Waals surface area (Å²) >= 11 is 0. The number of ether oxygens (including phenoxy) is 3. The molecule has 2 amide bonds. The van der Waals surface area contributed by atoms with E-state index >= 15 is 0 Å². The Labute approximate surface area is 312 Å². The molecule has 0 spiro atoms. The van der Waals surface area contributed by atoms with E-state index in [1.165, 1.54) is 0 Å². The first-order valence-corrected chi connectivity index (χ1v) is 17.9. The van der Waals surface area contributed by atoms with Crippen LogP contribution in [0.1, 0.15) is 47.9 Å². The van der Waals surface area contributed by atoms with Gasteiger partial charge in [-0.25, -0.2) is 0 Å². The molecule has 0 bridgehead atoms. The molecule has 0 saturated carbocycles. The van der Waals surface area contributed by atoms with Crippen molar-refractivity contribution in [2.75, 3.05) is 13.2 Å². The third-order valence-electron chi connectivity index (χ3n) is 8.49. The molecular formula is C44H50N2O7. The Balaban J connectivity index is 1.32. The van der Waals surface area contributed by atoms with Gasteiger partial charge >= 0.3 is 5.97 Å². The summed E-state index contributed by atoms with van der Waals surface area (Å²) in [5.41, 5.74) is 3.95. The maximum absolute atomic E-state index is 13.6. The smallest absolute Gasteiger partial charge is 0.306 e. The summed E-state index contributed by atoms with van der Waals surface area (Å²) in [6, 6.07) is 33.7. The molecule has 0 aliphatic heterocycles. The number of aliphatic hydroxyl groups is 1. The Morgan fingerprint density at radius 2 is 1.19 bits per heavy atom. The highest BCUT2D eigenvalue weighted by molar-refractivity contribution is 5.86. The highest BCUT2D eigenvalue weighted by atomic mass is 16.5. The van der Waals surface area contributed by atoms with Gasteiger partial charge in [0.05, 0.1) is 24.6 Å². The van der Waals surface area contributed by atoms with Gasteiger partial charge < -0.3 is 30.0 Å². The monoisotopic (exact) mass is 718 g/mol. The van der Waals surface area contributed by atoms with Crippen molar-refractivity contribution >= 4 is 17.8 Å². The van der Waals surface area contributed by atoms with Gasteiger partial charge in [-0.2, -0.15) is 0 Å². The zero-order chi connectivity index (χ0) is 37.7. The van der Waals surface area contributed by atoms with Crippen molar-refractivity contribution in [1.82, 2.24) is 10.6 Å². The quantitative estimate of drug-likeness (QED) is 0.0578. The van der Waals surface area contributed by atoms with Gasteiger partial charge in [0.25, 0.3) is 0 Å². The molecule has 0 aliphatic rings. The largest absolute Gasteiger partial charge is 0.489 e. The lowest BCUT2D eigenvalue weighted by molar-refractivity contribution is -0.145. The zero-order valence-corrected chi connectivity index (χ0v) is 30.2. The van der Waals surface area contributed by atoms with Crippen LogP contribution in [0.2, 0.25) is 0 Å². The Morgan fingerprint density at radius 3 is 1.68 bits per heavy atom. The summed E-state index contributed by atoms with van der Waals surface area (Å²) in [5, 5.41) is 16.0. The first-order valence-electron chi connectivity index (χ1n) is 17.9. The fourth-order valence-corrected chi connectivity index (χ4v) is 5.61. The Kier molecular flexibility index (Phi) is 16.9. The summed E-state index contributed by atoms with van der Waals surface area (Å²) < 4.78 is 17.3. The summed E-state index contributed by atoms with van der Waals surface area (Å²) in [4.78, 5) is 39.1. The fourth-order valence-electron chi connectivity index (χ4n) is 5.61. The third-order valence-corrected chi connectivity index (χ3v) is 8.49. The van der Waals surface area contributed by atoms with E-state index < -0.39 is 18.0 Å². The predicted molar refractivity (Wildman–Crippen MR) is 206 cm³/mol. The number of benzene rings is 4. The molecule has 0 aromatic heterocycles. The molecule has 3 N–H and O–H groups in total. The van der Waals surface area contributed by atoms with Crippen LogP contribution in [0.4, 0.5) is 0 Å². The number of carbonyl (C=O) groups is 3. The molecule has 0 fully saturated rings. The molecule has 4 rings (SSSR count). The first kappa shape index (κ1) is 40.1. The molecule has 0 saturated heterocycles. The predicted octanol–water partition coefficient (Wildman–Crippen LogP) is 6.68. The molecule has 4 aromatic carbocycles. The first-order chi connectivity index (χ1) is 25.8. The van der Waals surface area contributed by atoms with Crippen molar-refractivity contribution < 1.29 is 33.7 Å². The van der Waals surface area contributed by atoms with Crippen LogP contribution in [-0.4, -0.2) is 48.2 Å². The summed E-state index contributed by atoms with van der Waals surface area (Å²) in [6.45, 7) is 8.02. The number of hydrogen-bond acceptors (Lipinski definition) is 7. The van der Waals surface area contributed by atoms with Crippen molar-refractivity contribution in [3.8, 4) is 11.5 Å². The van der Waals surface area contributed by atoms with E-state index in [-0.39, 0.29) is 50.3 Å². The van der Waals surface area contributed by atoms with E-state index in [0.717, 1.165) is 28.0 Å². The zero-order valence-electron chi connectivity index (χ0n) is 30.2. The number of carbonyl (C=O) groups excluding carboxylic acids is 3. The molecule has 0 radical (unpaired) electrons. The van der Waals surface area contributed by atoms with E-state index in [1.807, 2.05) is 109 Å². The normalized spacial score (nSPS) is 12.4. The molecule has 3 unspecified atom stereocenters. The second-order valence-corrected chi connectivity index (χ2v) is 12.8. The molecule has 9 heteroatoms. The molecule has 0 aliphatic carbocycles. The maximum atomic E-state index is 13.6. The van der Waals surface area contributed by atoms with Crippen molar-refractivity contribution in [2.45, 2.75) is 63.8 Å². The lowest BCUT2D eigenvalue weighted by Gasteiger charge is -2.23. The van der Waals surface area contributed by atoms with Crippen LogP contribution in [0.3, 0.4) is 0 Å². The van der Waals surface area contributed by atoms with Gasteiger partial charge in [-0.3, -0.25) is 14.4 Å². The van der Waals surface area contributed by atoms with Crippen molar-refractivity contribution in [3.05, 3.63) is 157 Å². The van der Waals surface area contributed by atoms with Crippen LogP contribution in [0.15, 0.2) is 135 Å². The van der Waals surface area contributed by atoms with Crippen LogP contribution in [-0.2, 0) is 45.2 Å². The lowest BCUT2D eigenvalue weighted by Crippen LogP contribution is -2.45. The number of nitrogens with one attached hydrogen (secondary N) is 2. The van der Waals surface area contributed by atoms with Crippen molar-refractivity contribution in [1.29, 1.82) is 0 Å². The topological polar surface area (TPSA) is 123 Å². The lowest BCUT2D eigenvalue weighted by atomic mass is 9.97. The van der Waals surface area contributed by atoms with Crippen LogP contribution >= 0.6 is 0 Å². The van der Waals surface area contributed by atoms with Crippen LogP contribution in [0.25, 0.3) is 0 Å². The summed E-state index contributed by atoms with van der Waals surface area (Å²) in [6.07, 6.45) is 4.85. The number of aliphatic hydroxyl groups excluding tert-OH is 1. The minimum absolute atomic E-state index is 0.0380. The van der Waals surface area contributed by atoms with Gasteiger partial charge in [0.1, 0.15) is 31.3 Å². The number of amides is 2. The van der Waals surface area contributed by atoms with Crippen molar-refractivity contribution in [3.63, 3.8) is 0 Å². The van der Waals surface area contributed by atoms with E-state index in [2.05, 4.69) is 23.8 Å². The Hall–Kier alpha value is -5.67. The number of rotatable bonds is 23. The molecule has 53 heavy (non-hydrogen) atoms. The van der Waals surface area contributed by atoms with Crippen LogP contribution in [0, 0.1) is 5.92 Å². The maximum Gasteiger partial charge on any atom is 0.306 e. The summed E-state index contributed by atoms with van der Waals surface area (Å²) in [5.74, 6) is -0.415. The van der Waals surface area contributed by atoms with Gasteiger partial charge in [-0.05, 0) is 72.2 Å². The van der Waals surface area contributed by atoms with Crippen molar-refractivity contribution in [2.24, 2.45) is 5.92 Å². The molecule has 3 atom stereocenters. The average molecular weight is 719 g/mol. The van der Waals surface area contributed by atoms with E-state index in [1.54, 1.807) is 12.2 Å². The van der Waals surface area contributed by atoms with E-state index in [4.69, 9.17) is 14.2 Å². The molecule has 4 aromatic rings. The minimum Gasteiger partial charge on any atom is -0.489 e. The highest BCUT2D eigenvalue weighted by Crippen LogP contribution is 2.18. The second kappa shape index (κ2) is 22.3. The SMILES string of the molecule is C=CCCC(=O)OCC(Cc1ccc(OCc2ccccc2)cc1)NC(=O)C(CC=C)CC(=O)NC(CO)Cc1ccc(OCc2ccccc2)cc1. The molecular weight excluding hydrogens is 668 g/mol. The van der Waals surface area contributed by atoms with Gasteiger partial charge in [0, 0.05) is 12.8 Å². The molecule has 0 heterocycles. The van der Waals surface area contributed by atoms with E-state index in [9.17, 15) is 19.5 Å². The minimum atomic E-state index is -0.722. The van der Waals surface area contributed by atoms with Gasteiger partial charge in [-0.1, -0.05) is 97.1 Å². The van der Waals surface area contributed by atoms with Crippen LogP contribution in [0.5, 0.6) is 11.5 Å². The Bertz CT molecular complexity index is 1710. The average Bonchev–Trinajstić information content (AvgIpc) is 3.18. The fraction of sp³-hybridized carbons (Fsp3) is 0.295. The molecule has 278 valence electrons. The molecule has 9 nitrogen and oxygen atoms in total. The summed E-state index contributed by atoms with van der Waals surface area (Å²) in [7, 11) is 0. The second-order valence-electron chi connectivity index (χ2n) is 12.8.